The van der Waals surface area contributed by atoms with E-state index in [0.29, 0.717) is 19.4 Å². The number of aromatic nitrogens is 1. The Kier molecular flexibility index (Phi) is 7.14. The van der Waals surface area contributed by atoms with Crippen molar-refractivity contribution in [3.8, 4) is 0 Å². The zero-order valence-corrected chi connectivity index (χ0v) is 22.1. The van der Waals surface area contributed by atoms with Crippen LogP contribution < -0.4 is 15.1 Å². The summed E-state index contributed by atoms with van der Waals surface area (Å²) >= 11 is 1.51. The van der Waals surface area contributed by atoms with E-state index in [1.165, 1.54) is 11.3 Å². The first kappa shape index (κ1) is 25.0. The molecule has 0 saturated carbocycles. The highest BCUT2D eigenvalue weighted by Crippen LogP contribution is 2.34. The molecule has 2 unspecified atom stereocenters. The average Bonchev–Trinajstić information content (AvgIpc) is 3.71. The van der Waals surface area contributed by atoms with Gasteiger partial charge >= 0.3 is 0 Å². The van der Waals surface area contributed by atoms with Crippen LogP contribution in [0.3, 0.4) is 0 Å². The van der Waals surface area contributed by atoms with Crippen molar-refractivity contribution in [3.05, 3.63) is 65.1 Å². The third-order valence-corrected chi connectivity index (χ3v) is 8.89. The number of piperidine rings is 1. The summed E-state index contributed by atoms with van der Waals surface area (Å²) in [5, 5.41) is 16.8. The van der Waals surface area contributed by atoms with Gasteiger partial charge in [0.2, 0.25) is 11.8 Å². The third-order valence-electron chi connectivity index (χ3n) is 8.05. The van der Waals surface area contributed by atoms with Crippen molar-refractivity contribution in [1.82, 2.24) is 9.88 Å². The van der Waals surface area contributed by atoms with Gasteiger partial charge in [0, 0.05) is 66.3 Å². The molecule has 2 aromatic carbocycles. The number of carbonyl (C=O) groups excluding carboxylic acids is 2. The molecule has 3 aromatic rings. The van der Waals surface area contributed by atoms with Gasteiger partial charge < -0.3 is 20.2 Å². The Morgan fingerprint density at radius 2 is 1.76 bits per heavy atom. The fourth-order valence-electron chi connectivity index (χ4n) is 5.93. The second kappa shape index (κ2) is 10.8. The topological polar surface area (TPSA) is 89.0 Å². The number of likely N-dealkylation sites (tertiary alicyclic amines) is 1. The van der Waals surface area contributed by atoms with Crippen molar-refractivity contribution in [2.45, 2.75) is 44.2 Å². The van der Waals surface area contributed by atoms with E-state index in [4.69, 9.17) is 0 Å². The number of nitrogens with zero attached hydrogens (tertiary/aromatic N) is 4. The van der Waals surface area contributed by atoms with Crippen molar-refractivity contribution in [2.75, 3.05) is 41.3 Å². The number of aliphatic hydroxyl groups excluding tert-OH is 1. The number of anilines is 4. The first-order valence-corrected chi connectivity index (χ1v) is 14.3. The van der Waals surface area contributed by atoms with Gasteiger partial charge in [-0.2, -0.15) is 0 Å². The van der Waals surface area contributed by atoms with Gasteiger partial charge in [0.05, 0.1) is 0 Å². The van der Waals surface area contributed by atoms with Crippen LogP contribution in [-0.4, -0.2) is 59.0 Å². The van der Waals surface area contributed by atoms with Crippen LogP contribution >= 0.6 is 11.3 Å². The maximum atomic E-state index is 13.0. The zero-order chi connectivity index (χ0) is 26.1. The van der Waals surface area contributed by atoms with Gasteiger partial charge in [-0.05, 0) is 80.7 Å². The van der Waals surface area contributed by atoms with Crippen LogP contribution in [0.15, 0.2) is 60.1 Å². The van der Waals surface area contributed by atoms with Gasteiger partial charge in [0.15, 0.2) is 0 Å². The Bertz CT molecular complexity index is 1270. The van der Waals surface area contributed by atoms with Crippen molar-refractivity contribution >= 4 is 45.9 Å². The standard InChI is InChI=1S/C29H33N5O3S/c35-26-5-2-13-33(26)23-8-6-21(7-9-23)31-22-3-1-4-24(17-22)34-19-25(18-27(34)36)32-14-10-20(11-15-32)28(37)29-30-12-16-38-29/h1,3-4,6-9,12,16-17,20,25,28,31,37H,2,5,10-11,13-15,18-19H2. The lowest BCUT2D eigenvalue weighted by Crippen LogP contribution is -2.43. The van der Waals surface area contributed by atoms with Crippen LogP contribution in [0.1, 0.15) is 43.2 Å². The lowest BCUT2D eigenvalue weighted by atomic mass is 9.90. The molecule has 0 bridgehead atoms. The lowest BCUT2D eigenvalue weighted by molar-refractivity contribution is -0.118. The summed E-state index contributed by atoms with van der Waals surface area (Å²) in [6.45, 7) is 3.24. The number of benzene rings is 2. The maximum absolute atomic E-state index is 13.0. The molecular weight excluding hydrogens is 498 g/mol. The Hall–Kier alpha value is -3.27. The highest BCUT2D eigenvalue weighted by atomic mass is 32.1. The van der Waals surface area contributed by atoms with Gasteiger partial charge in [0.1, 0.15) is 11.1 Å². The monoisotopic (exact) mass is 531 g/mol. The minimum atomic E-state index is -0.493. The van der Waals surface area contributed by atoms with E-state index in [1.54, 1.807) is 6.20 Å². The van der Waals surface area contributed by atoms with Crippen molar-refractivity contribution in [3.63, 3.8) is 0 Å². The molecule has 3 aliphatic heterocycles. The minimum absolute atomic E-state index is 0.150. The summed E-state index contributed by atoms with van der Waals surface area (Å²) in [6.07, 6.45) is 5.14. The van der Waals surface area contributed by atoms with Crippen LogP contribution in [-0.2, 0) is 9.59 Å². The summed E-state index contributed by atoms with van der Waals surface area (Å²) in [4.78, 5) is 35.5. The second-order valence-electron chi connectivity index (χ2n) is 10.4. The lowest BCUT2D eigenvalue weighted by Gasteiger charge is -2.36. The van der Waals surface area contributed by atoms with Crippen LogP contribution in [0, 0.1) is 5.92 Å². The maximum Gasteiger partial charge on any atom is 0.228 e. The van der Waals surface area contributed by atoms with Crippen LogP contribution in [0.5, 0.6) is 0 Å². The van der Waals surface area contributed by atoms with Gasteiger partial charge in [-0.15, -0.1) is 11.3 Å². The average molecular weight is 532 g/mol. The van der Waals surface area contributed by atoms with Gasteiger partial charge in [-0.3, -0.25) is 14.5 Å². The number of amides is 2. The molecule has 6 rings (SSSR count). The fraction of sp³-hybridized carbons (Fsp3) is 0.414. The Morgan fingerprint density at radius 3 is 2.47 bits per heavy atom. The van der Waals surface area contributed by atoms with E-state index < -0.39 is 6.10 Å². The van der Waals surface area contributed by atoms with E-state index in [-0.39, 0.29) is 23.8 Å². The second-order valence-corrected chi connectivity index (χ2v) is 11.3. The number of hydrogen-bond acceptors (Lipinski definition) is 7. The molecule has 38 heavy (non-hydrogen) atoms. The number of carbonyl (C=O) groups is 2. The summed E-state index contributed by atoms with van der Waals surface area (Å²) in [6, 6.07) is 16.1. The van der Waals surface area contributed by atoms with E-state index in [9.17, 15) is 14.7 Å². The number of rotatable bonds is 7. The Balaban J connectivity index is 1.06. The van der Waals surface area contributed by atoms with E-state index in [0.717, 1.165) is 66.7 Å². The summed E-state index contributed by atoms with van der Waals surface area (Å²) in [7, 11) is 0. The van der Waals surface area contributed by atoms with Crippen LogP contribution in [0.2, 0.25) is 0 Å². The predicted molar refractivity (Wildman–Crippen MR) is 150 cm³/mol. The largest absolute Gasteiger partial charge is 0.386 e. The molecule has 0 spiro atoms. The number of thiazole rings is 1. The van der Waals surface area contributed by atoms with Crippen molar-refractivity contribution in [1.29, 1.82) is 0 Å². The van der Waals surface area contributed by atoms with E-state index >= 15 is 0 Å². The normalized spacial score (nSPS) is 21.9. The molecule has 0 aliphatic carbocycles. The minimum Gasteiger partial charge on any atom is -0.386 e. The molecule has 8 nitrogen and oxygen atoms in total. The first-order chi connectivity index (χ1) is 18.5. The molecule has 4 heterocycles. The number of hydrogen-bond donors (Lipinski definition) is 2. The smallest absolute Gasteiger partial charge is 0.228 e. The van der Waals surface area contributed by atoms with E-state index in [1.807, 2.05) is 63.7 Å². The zero-order valence-electron chi connectivity index (χ0n) is 21.3. The number of nitrogens with one attached hydrogen (secondary N) is 1. The van der Waals surface area contributed by atoms with Gasteiger partial charge in [-0.25, -0.2) is 4.98 Å². The summed E-state index contributed by atoms with van der Waals surface area (Å²) < 4.78 is 0. The molecule has 3 fully saturated rings. The highest BCUT2D eigenvalue weighted by Gasteiger charge is 2.37. The molecular formula is C29H33N5O3S. The first-order valence-electron chi connectivity index (χ1n) is 13.4. The molecule has 9 heteroatoms. The summed E-state index contributed by atoms with van der Waals surface area (Å²) in [5.74, 6) is 0.555. The molecule has 1 aromatic heterocycles. The fourth-order valence-corrected chi connectivity index (χ4v) is 6.64. The molecule has 2 atom stereocenters. The molecule has 0 radical (unpaired) electrons. The molecule has 198 valence electrons. The van der Waals surface area contributed by atoms with Gasteiger partial charge in [0.25, 0.3) is 0 Å². The SMILES string of the molecule is O=C1CCCN1c1ccc(Nc2cccc(N3CC(N4CCC(C(O)c5nccs5)CC4)CC3=O)c2)cc1. The number of aliphatic hydroxyl groups is 1. The quantitative estimate of drug-likeness (QED) is 0.465. The molecule has 2 N–H and O–H groups in total. The molecule has 3 saturated heterocycles. The van der Waals surface area contributed by atoms with Crippen LogP contribution in [0.4, 0.5) is 22.7 Å². The van der Waals surface area contributed by atoms with Gasteiger partial charge in [-0.1, -0.05) is 6.07 Å². The van der Waals surface area contributed by atoms with Crippen LogP contribution in [0.25, 0.3) is 0 Å². The van der Waals surface area contributed by atoms with Crippen molar-refractivity contribution in [2.24, 2.45) is 5.92 Å². The third kappa shape index (κ3) is 5.18. The van der Waals surface area contributed by atoms with E-state index in [2.05, 4.69) is 15.2 Å². The Labute approximate surface area is 226 Å². The Morgan fingerprint density at radius 1 is 0.947 bits per heavy atom. The molecule has 2 amide bonds. The molecule has 3 aliphatic rings. The highest BCUT2D eigenvalue weighted by molar-refractivity contribution is 7.09. The van der Waals surface area contributed by atoms with Crippen molar-refractivity contribution < 1.29 is 14.7 Å². The predicted octanol–water partition coefficient (Wildman–Crippen LogP) is 4.56. The summed E-state index contributed by atoms with van der Waals surface area (Å²) in [5.41, 5.74) is 3.69.